The molecule has 0 amide bonds. The van der Waals surface area contributed by atoms with Crippen LogP contribution in [0.25, 0.3) is 0 Å². The van der Waals surface area contributed by atoms with Gasteiger partial charge in [0.2, 0.25) is 0 Å². The van der Waals surface area contributed by atoms with Crippen LogP contribution >= 0.6 is 0 Å². The highest BCUT2D eigenvalue weighted by molar-refractivity contribution is 5.35. The monoisotopic (exact) mass is 301 g/mol. The quantitative estimate of drug-likeness (QED) is 0.618. The van der Waals surface area contributed by atoms with E-state index in [0.29, 0.717) is 5.56 Å². The van der Waals surface area contributed by atoms with Crippen molar-refractivity contribution in [3.05, 3.63) is 65.2 Å². The van der Waals surface area contributed by atoms with Crippen molar-refractivity contribution in [3.63, 3.8) is 0 Å². The third kappa shape index (κ3) is 4.07. The number of aliphatic hydroxyl groups is 2. The Morgan fingerprint density at radius 3 is 2.32 bits per heavy atom. The van der Waals surface area contributed by atoms with E-state index in [1.807, 2.05) is 37.3 Å². The highest BCUT2D eigenvalue weighted by Crippen LogP contribution is 2.22. The van der Waals surface area contributed by atoms with Gasteiger partial charge >= 0.3 is 0 Å². The summed E-state index contributed by atoms with van der Waals surface area (Å²) in [7, 11) is 0. The van der Waals surface area contributed by atoms with Gasteiger partial charge in [0.15, 0.2) is 0 Å². The predicted molar refractivity (Wildman–Crippen MR) is 86.7 cm³/mol. The van der Waals surface area contributed by atoms with E-state index in [4.69, 9.17) is 0 Å². The van der Waals surface area contributed by atoms with E-state index in [0.717, 1.165) is 11.1 Å². The predicted octanol–water partition coefficient (Wildman–Crippen LogP) is 2.45. The number of nitrogens with one attached hydrogen (secondary N) is 1. The number of benzene rings is 2. The molecular weight excluding hydrogens is 278 g/mol. The van der Waals surface area contributed by atoms with Crippen LogP contribution in [0.15, 0.2) is 48.5 Å². The van der Waals surface area contributed by atoms with Crippen LogP contribution in [0, 0.1) is 6.92 Å². The van der Waals surface area contributed by atoms with E-state index in [9.17, 15) is 15.3 Å². The molecule has 2 aromatic rings. The maximum Gasteiger partial charge on any atom is 0.118 e. The summed E-state index contributed by atoms with van der Waals surface area (Å²) in [6, 6.07) is 14.7. The van der Waals surface area contributed by atoms with Gasteiger partial charge in [-0.1, -0.05) is 43.3 Å². The molecule has 0 radical (unpaired) electrons. The van der Waals surface area contributed by atoms with E-state index in [1.54, 1.807) is 25.1 Å². The van der Waals surface area contributed by atoms with Gasteiger partial charge in [-0.25, -0.2) is 0 Å². The molecule has 118 valence electrons. The Morgan fingerprint density at radius 2 is 1.68 bits per heavy atom. The van der Waals surface area contributed by atoms with Crippen molar-refractivity contribution in [2.45, 2.75) is 32.1 Å². The average Bonchev–Trinajstić information content (AvgIpc) is 2.54. The molecule has 3 atom stereocenters. The second kappa shape index (κ2) is 7.40. The minimum atomic E-state index is -0.740. The van der Waals surface area contributed by atoms with Crippen molar-refractivity contribution in [1.29, 1.82) is 0 Å². The Bertz CT molecular complexity index is 601. The van der Waals surface area contributed by atoms with E-state index in [1.165, 1.54) is 0 Å². The van der Waals surface area contributed by atoms with Gasteiger partial charge in [-0.2, -0.15) is 0 Å². The summed E-state index contributed by atoms with van der Waals surface area (Å²) >= 11 is 0. The van der Waals surface area contributed by atoms with Crippen LogP contribution in [0.3, 0.4) is 0 Å². The highest BCUT2D eigenvalue weighted by Gasteiger charge is 2.17. The lowest BCUT2D eigenvalue weighted by atomic mass is 9.99. The van der Waals surface area contributed by atoms with E-state index in [2.05, 4.69) is 5.32 Å². The zero-order chi connectivity index (χ0) is 16.1. The standard InChI is InChI=1S/C18H23NO3/c1-12-10-15(8-9-16(12)20)17(21)11-19-18(22)13(2)14-6-4-3-5-7-14/h3-10,13,17-22H,11H2,1-2H3. The minimum absolute atomic E-state index is 0.0741. The van der Waals surface area contributed by atoms with Crippen molar-refractivity contribution < 1.29 is 15.3 Å². The van der Waals surface area contributed by atoms with Crippen LogP contribution in [0.1, 0.15) is 35.6 Å². The molecule has 3 unspecified atom stereocenters. The molecule has 4 nitrogen and oxygen atoms in total. The highest BCUT2D eigenvalue weighted by atomic mass is 16.3. The van der Waals surface area contributed by atoms with Gasteiger partial charge in [0, 0.05) is 12.5 Å². The second-order valence-corrected chi connectivity index (χ2v) is 5.61. The molecule has 2 aromatic carbocycles. The second-order valence-electron chi connectivity index (χ2n) is 5.61. The smallest absolute Gasteiger partial charge is 0.118 e. The van der Waals surface area contributed by atoms with Crippen LogP contribution in [0.4, 0.5) is 0 Å². The molecule has 0 aliphatic carbocycles. The SMILES string of the molecule is Cc1cc(C(O)CNC(O)C(C)c2ccccc2)ccc1O. The third-order valence-corrected chi connectivity index (χ3v) is 3.92. The van der Waals surface area contributed by atoms with Gasteiger partial charge in [0.1, 0.15) is 12.0 Å². The Morgan fingerprint density at radius 1 is 1.00 bits per heavy atom. The fourth-order valence-corrected chi connectivity index (χ4v) is 2.35. The topological polar surface area (TPSA) is 72.7 Å². The van der Waals surface area contributed by atoms with Crippen molar-refractivity contribution in [2.24, 2.45) is 0 Å². The van der Waals surface area contributed by atoms with Crippen LogP contribution in [-0.4, -0.2) is 28.1 Å². The first-order chi connectivity index (χ1) is 10.5. The molecule has 0 spiro atoms. The molecule has 0 aliphatic heterocycles. The molecule has 0 aromatic heterocycles. The molecule has 4 N–H and O–H groups in total. The Balaban J connectivity index is 1.92. The summed E-state index contributed by atoms with van der Waals surface area (Å²) in [4.78, 5) is 0. The maximum atomic E-state index is 10.2. The van der Waals surface area contributed by atoms with Crippen molar-refractivity contribution >= 4 is 0 Å². The Labute approximate surface area is 131 Å². The van der Waals surface area contributed by atoms with Crippen molar-refractivity contribution in [2.75, 3.05) is 6.54 Å². The van der Waals surface area contributed by atoms with Gasteiger partial charge < -0.3 is 15.3 Å². The largest absolute Gasteiger partial charge is 0.508 e. The number of aryl methyl sites for hydroxylation is 1. The zero-order valence-electron chi connectivity index (χ0n) is 12.9. The van der Waals surface area contributed by atoms with Gasteiger partial charge in [-0.15, -0.1) is 0 Å². The average molecular weight is 301 g/mol. The molecule has 0 fully saturated rings. The number of rotatable bonds is 6. The lowest BCUT2D eigenvalue weighted by molar-refractivity contribution is 0.0858. The Hall–Kier alpha value is -1.88. The van der Waals surface area contributed by atoms with Crippen LogP contribution < -0.4 is 5.32 Å². The first-order valence-corrected chi connectivity index (χ1v) is 7.43. The normalized spacial score (nSPS) is 15.3. The van der Waals surface area contributed by atoms with E-state index < -0.39 is 12.3 Å². The van der Waals surface area contributed by atoms with Gasteiger partial charge in [0.05, 0.1) is 6.10 Å². The molecule has 2 rings (SSSR count). The van der Waals surface area contributed by atoms with E-state index >= 15 is 0 Å². The number of phenolic OH excluding ortho intramolecular Hbond substituents is 1. The lowest BCUT2D eigenvalue weighted by Gasteiger charge is -2.22. The summed E-state index contributed by atoms with van der Waals surface area (Å²) in [5.41, 5.74) is 2.47. The molecule has 0 saturated heterocycles. The van der Waals surface area contributed by atoms with Crippen LogP contribution in [0.2, 0.25) is 0 Å². The fraction of sp³-hybridized carbons (Fsp3) is 0.333. The van der Waals surface area contributed by atoms with E-state index in [-0.39, 0.29) is 18.2 Å². The van der Waals surface area contributed by atoms with Gasteiger partial charge in [0.25, 0.3) is 0 Å². The number of hydrogen-bond donors (Lipinski definition) is 4. The molecule has 0 saturated carbocycles. The molecule has 4 heteroatoms. The number of aromatic hydroxyl groups is 1. The van der Waals surface area contributed by atoms with Gasteiger partial charge in [-0.3, -0.25) is 5.32 Å². The zero-order valence-corrected chi connectivity index (χ0v) is 12.9. The molecule has 22 heavy (non-hydrogen) atoms. The number of hydrogen-bond acceptors (Lipinski definition) is 4. The fourth-order valence-electron chi connectivity index (χ4n) is 2.35. The maximum absolute atomic E-state index is 10.2. The molecule has 0 bridgehead atoms. The third-order valence-electron chi connectivity index (χ3n) is 3.92. The first kappa shape index (κ1) is 16.5. The number of aliphatic hydroxyl groups excluding tert-OH is 2. The number of phenols is 1. The first-order valence-electron chi connectivity index (χ1n) is 7.43. The van der Waals surface area contributed by atoms with Crippen LogP contribution in [-0.2, 0) is 0 Å². The Kier molecular flexibility index (Phi) is 5.55. The summed E-state index contributed by atoms with van der Waals surface area (Å²) in [5.74, 6) is 0.136. The molecule has 0 aliphatic rings. The van der Waals surface area contributed by atoms with Crippen LogP contribution in [0.5, 0.6) is 5.75 Å². The van der Waals surface area contributed by atoms with Crippen molar-refractivity contribution in [3.8, 4) is 5.75 Å². The molecule has 0 heterocycles. The molecular formula is C18H23NO3. The minimum Gasteiger partial charge on any atom is -0.508 e. The lowest BCUT2D eigenvalue weighted by Crippen LogP contribution is -2.36. The summed E-state index contributed by atoms with van der Waals surface area (Å²) in [5, 5.41) is 32.8. The van der Waals surface area contributed by atoms with Crippen molar-refractivity contribution in [1.82, 2.24) is 5.32 Å². The summed E-state index contributed by atoms with van der Waals surface area (Å²) in [6.45, 7) is 3.96. The summed E-state index contributed by atoms with van der Waals surface area (Å²) in [6.07, 6.45) is -1.48. The van der Waals surface area contributed by atoms with Gasteiger partial charge in [-0.05, 0) is 35.7 Å². The summed E-state index contributed by atoms with van der Waals surface area (Å²) < 4.78 is 0.